The summed E-state index contributed by atoms with van der Waals surface area (Å²) in [7, 11) is 0. The lowest BCUT2D eigenvalue weighted by Crippen LogP contribution is -1.99. The molecular formula is C10H11NO2. The molecule has 0 spiro atoms. The van der Waals surface area contributed by atoms with Gasteiger partial charge in [0.15, 0.2) is 6.29 Å². The second-order valence-corrected chi connectivity index (χ2v) is 3.33. The molecule has 0 bridgehead atoms. The minimum atomic E-state index is 0.563. The fraction of sp³-hybridized carbons (Fsp3) is 0.400. The maximum absolute atomic E-state index is 10.4. The van der Waals surface area contributed by atoms with Gasteiger partial charge in [-0.2, -0.15) is 0 Å². The molecule has 0 amide bonds. The predicted octanol–water partition coefficient (Wildman–Crippen LogP) is 1.68. The molecular weight excluding hydrogens is 166 g/mol. The number of rotatable bonds is 4. The highest BCUT2D eigenvalue weighted by Gasteiger charge is 2.21. The molecule has 0 aliphatic heterocycles. The molecule has 1 aromatic heterocycles. The number of hydrogen-bond acceptors (Lipinski definition) is 3. The van der Waals surface area contributed by atoms with Crippen molar-refractivity contribution in [1.82, 2.24) is 4.98 Å². The lowest BCUT2D eigenvalue weighted by molar-refractivity contribution is 0.112. The standard InChI is InChI=1S/C10H11NO2/c12-6-9-3-10(5-11-4-9)13-7-8-1-2-8/h3-6,8H,1-2,7H2. The predicted molar refractivity (Wildman–Crippen MR) is 47.8 cm³/mol. The normalized spacial score (nSPS) is 15.4. The van der Waals surface area contributed by atoms with Crippen molar-refractivity contribution in [1.29, 1.82) is 0 Å². The van der Waals surface area contributed by atoms with E-state index in [1.165, 1.54) is 19.0 Å². The Balaban J connectivity index is 1.97. The van der Waals surface area contributed by atoms with E-state index in [9.17, 15) is 4.79 Å². The molecule has 0 saturated heterocycles. The van der Waals surface area contributed by atoms with Crippen LogP contribution in [0.5, 0.6) is 5.75 Å². The van der Waals surface area contributed by atoms with Crippen LogP contribution in [0.2, 0.25) is 0 Å². The Bertz CT molecular complexity index is 308. The zero-order chi connectivity index (χ0) is 9.10. The second kappa shape index (κ2) is 3.56. The summed E-state index contributed by atoms with van der Waals surface area (Å²) in [5.74, 6) is 1.41. The Hall–Kier alpha value is -1.38. The van der Waals surface area contributed by atoms with Gasteiger partial charge in [-0.15, -0.1) is 0 Å². The molecule has 3 nitrogen and oxygen atoms in total. The Kier molecular flexibility index (Phi) is 2.25. The van der Waals surface area contributed by atoms with Crippen molar-refractivity contribution in [3.05, 3.63) is 24.0 Å². The smallest absolute Gasteiger partial charge is 0.151 e. The SMILES string of the molecule is O=Cc1cncc(OCC2CC2)c1. The third kappa shape index (κ3) is 2.28. The highest BCUT2D eigenvalue weighted by Crippen LogP contribution is 2.29. The number of aromatic nitrogens is 1. The molecule has 3 heteroatoms. The first kappa shape index (κ1) is 8.23. The highest BCUT2D eigenvalue weighted by molar-refractivity contribution is 5.74. The molecule has 0 atom stereocenters. The number of pyridine rings is 1. The maximum Gasteiger partial charge on any atom is 0.151 e. The van der Waals surface area contributed by atoms with Gasteiger partial charge in [-0.1, -0.05) is 0 Å². The first-order valence-corrected chi connectivity index (χ1v) is 4.41. The van der Waals surface area contributed by atoms with Crippen LogP contribution < -0.4 is 4.74 Å². The summed E-state index contributed by atoms with van der Waals surface area (Å²) < 4.78 is 5.45. The lowest BCUT2D eigenvalue weighted by atomic mass is 10.3. The number of nitrogens with zero attached hydrogens (tertiary/aromatic N) is 1. The van der Waals surface area contributed by atoms with E-state index in [0.29, 0.717) is 11.3 Å². The number of ether oxygens (including phenoxy) is 1. The fourth-order valence-electron chi connectivity index (χ4n) is 1.08. The fourth-order valence-corrected chi connectivity index (χ4v) is 1.08. The van der Waals surface area contributed by atoms with Gasteiger partial charge >= 0.3 is 0 Å². The average molecular weight is 177 g/mol. The van der Waals surface area contributed by atoms with Gasteiger partial charge in [0.2, 0.25) is 0 Å². The van der Waals surface area contributed by atoms with Gasteiger partial charge in [-0.05, 0) is 24.8 Å². The van der Waals surface area contributed by atoms with Crippen molar-refractivity contribution >= 4 is 6.29 Å². The Morgan fingerprint density at radius 2 is 2.38 bits per heavy atom. The summed E-state index contributed by atoms with van der Waals surface area (Å²) in [6.07, 6.45) is 6.46. The van der Waals surface area contributed by atoms with Crippen molar-refractivity contribution in [2.75, 3.05) is 6.61 Å². The molecule has 1 aliphatic rings. The topological polar surface area (TPSA) is 39.2 Å². The molecule has 1 aliphatic carbocycles. The van der Waals surface area contributed by atoms with Gasteiger partial charge in [0.05, 0.1) is 12.8 Å². The Morgan fingerprint density at radius 1 is 1.54 bits per heavy atom. The van der Waals surface area contributed by atoms with Gasteiger partial charge < -0.3 is 4.74 Å². The van der Waals surface area contributed by atoms with Crippen LogP contribution in [0.3, 0.4) is 0 Å². The van der Waals surface area contributed by atoms with Crippen molar-refractivity contribution in [3.63, 3.8) is 0 Å². The minimum Gasteiger partial charge on any atom is -0.492 e. The molecule has 0 N–H and O–H groups in total. The average Bonchev–Trinajstić information content (AvgIpc) is 2.99. The highest BCUT2D eigenvalue weighted by atomic mass is 16.5. The third-order valence-electron chi connectivity index (χ3n) is 2.05. The Labute approximate surface area is 76.7 Å². The van der Waals surface area contributed by atoms with E-state index < -0.39 is 0 Å². The number of carbonyl (C=O) groups excluding carboxylic acids is 1. The lowest BCUT2D eigenvalue weighted by Gasteiger charge is -2.03. The van der Waals surface area contributed by atoms with Gasteiger partial charge in [0.25, 0.3) is 0 Å². The van der Waals surface area contributed by atoms with E-state index in [1.807, 2.05) is 0 Å². The van der Waals surface area contributed by atoms with E-state index in [1.54, 1.807) is 12.3 Å². The zero-order valence-electron chi connectivity index (χ0n) is 7.27. The molecule has 0 aromatic carbocycles. The molecule has 68 valence electrons. The van der Waals surface area contributed by atoms with Crippen molar-refractivity contribution < 1.29 is 9.53 Å². The Morgan fingerprint density at radius 3 is 3.08 bits per heavy atom. The molecule has 2 rings (SSSR count). The monoisotopic (exact) mass is 177 g/mol. The molecule has 1 heterocycles. The van der Waals surface area contributed by atoms with E-state index >= 15 is 0 Å². The van der Waals surface area contributed by atoms with E-state index in [-0.39, 0.29) is 0 Å². The van der Waals surface area contributed by atoms with Gasteiger partial charge in [0.1, 0.15) is 5.75 Å². The van der Waals surface area contributed by atoms with Crippen LogP contribution in [-0.2, 0) is 0 Å². The largest absolute Gasteiger partial charge is 0.492 e. The van der Waals surface area contributed by atoms with E-state index in [4.69, 9.17) is 4.74 Å². The molecule has 1 aromatic rings. The van der Waals surface area contributed by atoms with E-state index in [0.717, 1.165) is 18.8 Å². The van der Waals surface area contributed by atoms with Crippen LogP contribution >= 0.6 is 0 Å². The summed E-state index contributed by atoms with van der Waals surface area (Å²) in [5, 5.41) is 0. The van der Waals surface area contributed by atoms with Crippen LogP contribution in [0.1, 0.15) is 23.2 Å². The molecule has 1 saturated carbocycles. The summed E-state index contributed by atoms with van der Waals surface area (Å²) in [4.78, 5) is 14.3. The van der Waals surface area contributed by atoms with Crippen LogP contribution in [0.15, 0.2) is 18.5 Å². The number of aldehydes is 1. The van der Waals surface area contributed by atoms with Crippen LogP contribution in [0.4, 0.5) is 0 Å². The van der Waals surface area contributed by atoms with Gasteiger partial charge in [-0.3, -0.25) is 9.78 Å². The molecule has 0 unspecified atom stereocenters. The van der Waals surface area contributed by atoms with Crippen LogP contribution in [0.25, 0.3) is 0 Å². The molecule has 0 radical (unpaired) electrons. The van der Waals surface area contributed by atoms with E-state index in [2.05, 4.69) is 4.98 Å². The zero-order valence-corrected chi connectivity index (χ0v) is 7.27. The quantitative estimate of drug-likeness (QED) is 0.657. The van der Waals surface area contributed by atoms with Gasteiger partial charge in [0, 0.05) is 11.8 Å². The number of carbonyl (C=O) groups is 1. The summed E-state index contributed by atoms with van der Waals surface area (Å²) in [6, 6.07) is 1.71. The summed E-state index contributed by atoms with van der Waals surface area (Å²) in [5.41, 5.74) is 0.563. The first-order valence-electron chi connectivity index (χ1n) is 4.41. The van der Waals surface area contributed by atoms with Crippen molar-refractivity contribution in [2.24, 2.45) is 5.92 Å². The summed E-state index contributed by atoms with van der Waals surface area (Å²) in [6.45, 7) is 0.754. The number of hydrogen-bond donors (Lipinski definition) is 0. The van der Waals surface area contributed by atoms with Crippen molar-refractivity contribution in [3.8, 4) is 5.75 Å². The molecule has 13 heavy (non-hydrogen) atoms. The summed E-state index contributed by atoms with van der Waals surface area (Å²) >= 11 is 0. The minimum absolute atomic E-state index is 0.563. The van der Waals surface area contributed by atoms with Gasteiger partial charge in [-0.25, -0.2) is 0 Å². The van der Waals surface area contributed by atoms with Crippen LogP contribution in [0, 0.1) is 5.92 Å². The third-order valence-corrected chi connectivity index (χ3v) is 2.05. The second-order valence-electron chi connectivity index (χ2n) is 3.33. The van der Waals surface area contributed by atoms with Crippen molar-refractivity contribution in [2.45, 2.75) is 12.8 Å². The van der Waals surface area contributed by atoms with Crippen LogP contribution in [-0.4, -0.2) is 17.9 Å². The maximum atomic E-state index is 10.4. The first-order chi connectivity index (χ1) is 6.38. The molecule has 1 fully saturated rings.